The number of hydrogen-bond acceptors (Lipinski definition) is 3. The fourth-order valence-electron chi connectivity index (χ4n) is 1.21. The molecule has 0 atom stereocenters. The highest BCUT2D eigenvalue weighted by Crippen LogP contribution is 2.28. The van der Waals surface area contributed by atoms with E-state index in [1.54, 1.807) is 27.7 Å². The number of alkyl carbamates (subject to hydrolysis) is 1. The van der Waals surface area contributed by atoms with Crippen molar-refractivity contribution in [2.45, 2.75) is 39.5 Å². The van der Waals surface area contributed by atoms with Crippen LogP contribution in [0.2, 0.25) is 0 Å². The molecule has 1 rings (SSSR count). The van der Waals surface area contributed by atoms with Gasteiger partial charge >= 0.3 is 12.3 Å². The van der Waals surface area contributed by atoms with Crippen LogP contribution in [0, 0.1) is 6.92 Å². The van der Waals surface area contributed by atoms with E-state index in [2.05, 4.69) is 5.32 Å². The number of halogens is 3. The van der Waals surface area contributed by atoms with Crippen LogP contribution >= 0.6 is 0 Å². The van der Waals surface area contributed by atoms with Crippen LogP contribution in [0.15, 0.2) is 24.3 Å². The third-order valence-electron chi connectivity index (χ3n) is 2.16. The number of aliphatic hydroxyl groups is 1. The lowest BCUT2D eigenvalue weighted by atomic mass is 10.1. The third kappa shape index (κ3) is 10.0. The molecule has 0 saturated carbocycles. The van der Waals surface area contributed by atoms with Crippen molar-refractivity contribution in [3.05, 3.63) is 35.4 Å². The van der Waals surface area contributed by atoms with Gasteiger partial charge in [-0.2, -0.15) is 13.2 Å². The van der Waals surface area contributed by atoms with Gasteiger partial charge in [-0.25, -0.2) is 4.79 Å². The van der Waals surface area contributed by atoms with Crippen LogP contribution in [0.3, 0.4) is 0 Å². The van der Waals surface area contributed by atoms with Crippen LogP contribution in [0.5, 0.6) is 0 Å². The molecule has 0 aliphatic carbocycles. The molecule has 0 aliphatic heterocycles. The maximum Gasteiger partial charge on any atom is 0.416 e. The number of ether oxygens (including phenoxy) is 1. The normalized spacial score (nSPS) is 11.3. The lowest BCUT2D eigenvalue weighted by Crippen LogP contribution is -2.33. The average molecular weight is 321 g/mol. The van der Waals surface area contributed by atoms with Crippen molar-refractivity contribution in [1.82, 2.24) is 5.32 Å². The zero-order valence-electron chi connectivity index (χ0n) is 13.1. The van der Waals surface area contributed by atoms with Gasteiger partial charge in [0.05, 0.1) is 12.2 Å². The molecule has 1 aromatic carbocycles. The van der Waals surface area contributed by atoms with Gasteiger partial charge in [-0.3, -0.25) is 0 Å². The average Bonchev–Trinajstić information content (AvgIpc) is 2.34. The van der Waals surface area contributed by atoms with E-state index in [1.165, 1.54) is 12.1 Å². The van der Waals surface area contributed by atoms with Gasteiger partial charge < -0.3 is 15.2 Å². The first-order chi connectivity index (χ1) is 9.95. The van der Waals surface area contributed by atoms with Crippen LogP contribution < -0.4 is 5.32 Å². The Morgan fingerprint density at radius 3 is 2.05 bits per heavy atom. The summed E-state index contributed by atoms with van der Waals surface area (Å²) in [4.78, 5) is 10.8. The molecule has 0 spiro atoms. The SMILES string of the molecule is CC(C)(C)OC(=O)NCCO.Cc1ccc(C(F)(F)F)cc1. The highest BCUT2D eigenvalue weighted by atomic mass is 19.4. The largest absolute Gasteiger partial charge is 0.444 e. The molecule has 7 heteroatoms. The van der Waals surface area contributed by atoms with E-state index in [0.29, 0.717) is 0 Å². The molecule has 0 saturated heterocycles. The lowest BCUT2D eigenvalue weighted by molar-refractivity contribution is -0.137. The number of nitrogens with one attached hydrogen (secondary N) is 1. The summed E-state index contributed by atoms with van der Waals surface area (Å²) in [6, 6.07) is 5.05. The van der Waals surface area contributed by atoms with Crippen molar-refractivity contribution in [3.63, 3.8) is 0 Å². The van der Waals surface area contributed by atoms with Crippen LogP contribution in [0.25, 0.3) is 0 Å². The van der Waals surface area contributed by atoms with Gasteiger partial charge in [-0.1, -0.05) is 17.7 Å². The number of amides is 1. The second kappa shape index (κ2) is 8.63. The third-order valence-corrected chi connectivity index (χ3v) is 2.16. The quantitative estimate of drug-likeness (QED) is 0.876. The number of benzene rings is 1. The second-order valence-corrected chi connectivity index (χ2v) is 5.52. The minimum Gasteiger partial charge on any atom is -0.444 e. The monoisotopic (exact) mass is 321 g/mol. The molecule has 0 unspecified atom stereocenters. The van der Waals surface area contributed by atoms with Gasteiger partial charge in [0, 0.05) is 6.54 Å². The van der Waals surface area contributed by atoms with Crippen LogP contribution in [0.4, 0.5) is 18.0 Å². The molecule has 126 valence electrons. The Hall–Kier alpha value is -1.76. The Morgan fingerprint density at radius 2 is 1.68 bits per heavy atom. The first kappa shape index (κ1) is 20.2. The molecule has 22 heavy (non-hydrogen) atoms. The predicted octanol–water partition coefficient (Wildman–Crippen LogP) is 3.52. The van der Waals surface area contributed by atoms with Crippen molar-refractivity contribution in [2.75, 3.05) is 13.2 Å². The number of carbonyl (C=O) groups is 1. The number of alkyl halides is 3. The van der Waals surface area contributed by atoms with E-state index >= 15 is 0 Å². The Bertz CT molecular complexity index is 451. The first-order valence-corrected chi connectivity index (χ1v) is 6.67. The van der Waals surface area contributed by atoms with Crippen molar-refractivity contribution < 1.29 is 27.8 Å². The van der Waals surface area contributed by atoms with E-state index in [0.717, 1.165) is 17.7 Å². The Balaban J connectivity index is 0.000000401. The van der Waals surface area contributed by atoms with Crippen LogP contribution in [0.1, 0.15) is 31.9 Å². The first-order valence-electron chi connectivity index (χ1n) is 6.67. The number of aryl methyl sites for hydroxylation is 1. The Labute approximate surface area is 128 Å². The van der Waals surface area contributed by atoms with E-state index in [9.17, 15) is 18.0 Å². The molecule has 0 bridgehead atoms. The van der Waals surface area contributed by atoms with Crippen LogP contribution in [-0.4, -0.2) is 30.0 Å². The molecule has 0 aromatic heterocycles. The smallest absolute Gasteiger partial charge is 0.416 e. The molecule has 1 amide bonds. The van der Waals surface area contributed by atoms with E-state index in [1.807, 2.05) is 0 Å². The Morgan fingerprint density at radius 1 is 1.18 bits per heavy atom. The number of hydrogen-bond donors (Lipinski definition) is 2. The number of aliphatic hydroxyl groups excluding tert-OH is 1. The van der Waals surface area contributed by atoms with Gasteiger partial charge in [0.2, 0.25) is 0 Å². The molecule has 2 N–H and O–H groups in total. The molecular weight excluding hydrogens is 299 g/mol. The molecule has 0 heterocycles. The van der Waals surface area contributed by atoms with E-state index in [-0.39, 0.29) is 13.2 Å². The summed E-state index contributed by atoms with van der Waals surface area (Å²) in [5.41, 5.74) is -0.236. The minimum absolute atomic E-state index is 0.0702. The molecule has 0 radical (unpaired) electrons. The van der Waals surface area contributed by atoms with Gasteiger partial charge in [-0.05, 0) is 39.8 Å². The number of carbonyl (C=O) groups excluding carboxylic acids is 1. The molecule has 4 nitrogen and oxygen atoms in total. The summed E-state index contributed by atoms with van der Waals surface area (Å²) < 4.78 is 40.6. The zero-order valence-corrected chi connectivity index (χ0v) is 13.1. The van der Waals surface area contributed by atoms with Gasteiger partial charge in [0.1, 0.15) is 5.60 Å². The summed E-state index contributed by atoms with van der Waals surface area (Å²) >= 11 is 0. The fraction of sp³-hybridized carbons (Fsp3) is 0.533. The number of rotatable bonds is 2. The molecular formula is C15H22F3NO3. The highest BCUT2D eigenvalue weighted by Gasteiger charge is 2.29. The minimum atomic E-state index is -4.21. The lowest BCUT2D eigenvalue weighted by Gasteiger charge is -2.19. The van der Waals surface area contributed by atoms with E-state index in [4.69, 9.17) is 9.84 Å². The van der Waals surface area contributed by atoms with Crippen LogP contribution in [-0.2, 0) is 10.9 Å². The van der Waals surface area contributed by atoms with Crippen molar-refractivity contribution in [2.24, 2.45) is 0 Å². The van der Waals surface area contributed by atoms with Crippen molar-refractivity contribution in [3.8, 4) is 0 Å². The topological polar surface area (TPSA) is 58.6 Å². The maximum atomic E-state index is 11.9. The highest BCUT2D eigenvalue weighted by molar-refractivity contribution is 5.67. The summed E-state index contributed by atoms with van der Waals surface area (Å²) in [7, 11) is 0. The molecule has 1 aromatic rings. The van der Waals surface area contributed by atoms with Crippen molar-refractivity contribution >= 4 is 6.09 Å². The summed E-state index contributed by atoms with van der Waals surface area (Å²) in [5.74, 6) is 0. The molecule has 0 aliphatic rings. The summed E-state index contributed by atoms with van der Waals surface area (Å²) in [5, 5.41) is 10.7. The summed E-state index contributed by atoms with van der Waals surface area (Å²) in [6.07, 6.45) is -4.71. The Kier molecular flexibility index (Phi) is 7.94. The van der Waals surface area contributed by atoms with Gasteiger partial charge in [-0.15, -0.1) is 0 Å². The second-order valence-electron chi connectivity index (χ2n) is 5.52. The maximum absolute atomic E-state index is 11.9. The van der Waals surface area contributed by atoms with Crippen molar-refractivity contribution in [1.29, 1.82) is 0 Å². The predicted molar refractivity (Wildman–Crippen MR) is 77.5 cm³/mol. The summed E-state index contributed by atoms with van der Waals surface area (Å²) in [6.45, 7) is 7.26. The van der Waals surface area contributed by atoms with E-state index < -0.39 is 23.4 Å². The standard InChI is InChI=1S/C8H7F3.C7H15NO3/c1-6-2-4-7(5-3-6)8(9,10)11;1-7(2,3)11-6(10)8-4-5-9/h2-5H,1H3;9H,4-5H2,1-3H3,(H,8,10). The zero-order chi connectivity index (χ0) is 17.4. The fourth-order valence-corrected chi connectivity index (χ4v) is 1.21. The molecule has 0 fully saturated rings. The van der Waals surface area contributed by atoms with Gasteiger partial charge in [0.25, 0.3) is 0 Å². The van der Waals surface area contributed by atoms with Gasteiger partial charge in [0.15, 0.2) is 0 Å².